The van der Waals surface area contributed by atoms with Crippen molar-refractivity contribution in [3.63, 3.8) is 0 Å². The van der Waals surface area contributed by atoms with E-state index >= 15 is 0 Å². The predicted octanol–water partition coefficient (Wildman–Crippen LogP) is 1.66. The highest BCUT2D eigenvalue weighted by Gasteiger charge is 2.39. The summed E-state index contributed by atoms with van der Waals surface area (Å²) in [6.07, 6.45) is 0. The maximum Gasteiger partial charge on any atom is 0.123 e. The van der Waals surface area contributed by atoms with Gasteiger partial charge in [0.15, 0.2) is 0 Å². The van der Waals surface area contributed by atoms with Crippen molar-refractivity contribution in [3.8, 4) is 0 Å². The second kappa shape index (κ2) is 5.78. The molecule has 1 heterocycles. The lowest BCUT2D eigenvalue weighted by Crippen LogP contribution is -2.53. The number of ether oxygens (including phenoxy) is 1. The molecule has 0 atom stereocenters. The van der Waals surface area contributed by atoms with Crippen LogP contribution in [0, 0.1) is 11.2 Å². The van der Waals surface area contributed by atoms with E-state index in [0.717, 1.165) is 18.7 Å². The minimum Gasteiger partial charge on any atom is -0.396 e. The van der Waals surface area contributed by atoms with Crippen LogP contribution in [0.2, 0.25) is 0 Å². The lowest BCUT2D eigenvalue weighted by molar-refractivity contribution is -0.148. The predicted molar refractivity (Wildman–Crippen MR) is 67.7 cm³/mol. The third kappa shape index (κ3) is 3.07. The first kappa shape index (κ1) is 13.5. The number of hydrogen-bond acceptors (Lipinski definition) is 3. The van der Waals surface area contributed by atoms with Gasteiger partial charge in [-0.3, -0.25) is 4.90 Å². The Labute approximate surface area is 107 Å². The van der Waals surface area contributed by atoms with Crippen LogP contribution in [0.1, 0.15) is 12.5 Å². The van der Waals surface area contributed by atoms with Crippen molar-refractivity contribution < 1.29 is 14.2 Å². The van der Waals surface area contributed by atoms with Gasteiger partial charge in [0.1, 0.15) is 5.82 Å². The molecular weight excluding hydrogens is 233 g/mol. The fraction of sp³-hybridized carbons (Fsp3) is 0.571. The van der Waals surface area contributed by atoms with Crippen LogP contribution in [-0.4, -0.2) is 42.9 Å². The zero-order valence-corrected chi connectivity index (χ0v) is 10.7. The van der Waals surface area contributed by atoms with Crippen molar-refractivity contribution in [3.05, 3.63) is 35.6 Å². The Morgan fingerprint density at radius 2 is 2.22 bits per heavy atom. The molecule has 1 fully saturated rings. The van der Waals surface area contributed by atoms with Crippen molar-refractivity contribution in [1.29, 1.82) is 0 Å². The number of rotatable bonds is 6. The fourth-order valence-corrected chi connectivity index (χ4v) is 2.27. The van der Waals surface area contributed by atoms with Gasteiger partial charge in [-0.2, -0.15) is 0 Å². The molecule has 1 aromatic rings. The van der Waals surface area contributed by atoms with Crippen LogP contribution in [0.15, 0.2) is 24.3 Å². The largest absolute Gasteiger partial charge is 0.396 e. The minimum atomic E-state index is -0.201. The summed E-state index contributed by atoms with van der Waals surface area (Å²) in [5.41, 5.74) is 0.841. The topological polar surface area (TPSA) is 32.7 Å². The number of benzene rings is 1. The van der Waals surface area contributed by atoms with E-state index in [9.17, 15) is 9.50 Å². The highest BCUT2D eigenvalue weighted by molar-refractivity contribution is 5.16. The van der Waals surface area contributed by atoms with E-state index in [1.807, 2.05) is 6.07 Å². The Morgan fingerprint density at radius 1 is 1.44 bits per heavy atom. The smallest absolute Gasteiger partial charge is 0.123 e. The molecule has 18 heavy (non-hydrogen) atoms. The molecule has 0 bridgehead atoms. The molecule has 0 saturated carbocycles. The van der Waals surface area contributed by atoms with Gasteiger partial charge in [0, 0.05) is 13.1 Å². The van der Waals surface area contributed by atoms with E-state index in [4.69, 9.17) is 4.74 Å². The lowest BCUT2D eigenvalue weighted by Gasteiger charge is -2.43. The molecule has 0 radical (unpaired) electrons. The summed E-state index contributed by atoms with van der Waals surface area (Å²) in [4.78, 5) is 2.22. The Hall–Kier alpha value is -0.970. The molecule has 3 nitrogen and oxygen atoms in total. The van der Waals surface area contributed by atoms with Gasteiger partial charge in [-0.25, -0.2) is 4.39 Å². The summed E-state index contributed by atoms with van der Waals surface area (Å²) >= 11 is 0. The molecule has 0 unspecified atom stereocenters. The minimum absolute atomic E-state index is 0.122. The maximum atomic E-state index is 13.1. The standard InChI is InChI=1S/C14H20FNO2/c1-2-16(8-14(9-17)10-18-11-14)7-12-4-3-5-13(15)6-12/h3-6,17H,2,7-11H2,1H3. The maximum absolute atomic E-state index is 13.1. The van der Waals surface area contributed by atoms with Crippen LogP contribution in [0.5, 0.6) is 0 Å². The van der Waals surface area contributed by atoms with Gasteiger partial charge in [-0.15, -0.1) is 0 Å². The van der Waals surface area contributed by atoms with E-state index < -0.39 is 0 Å². The number of halogens is 1. The third-order valence-corrected chi connectivity index (χ3v) is 3.45. The Balaban J connectivity index is 1.97. The van der Waals surface area contributed by atoms with Crippen LogP contribution >= 0.6 is 0 Å². The molecule has 0 aliphatic carbocycles. The molecule has 1 N–H and O–H groups in total. The van der Waals surface area contributed by atoms with E-state index in [1.165, 1.54) is 6.07 Å². The van der Waals surface area contributed by atoms with Crippen LogP contribution < -0.4 is 0 Å². The van der Waals surface area contributed by atoms with Crippen molar-refractivity contribution in [2.45, 2.75) is 13.5 Å². The highest BCUT2D eigenvalue weighted by Crippen LogP contribution is 2.28. The van der Waals surface area contributed by atoms with Crippen molar-refractivity contribution in [1.82, 2.24) is 4.90 Å². The van der Waals surface area contributed by atoms with Crippen molar-refractivity contribution in [2.75, 3.05) is 32.9 Å². The molecule has 0 spiro atoms. The first-order valence-electron chi connectivity index (χ1n) is 6.33. The Kier molecular flexibility index (Phi) is 4.32. The van der Waals surface area contributed by atoms with Gasteiger partial charge in [-0.1, -0.05) is 19.1 Å². The quantitative estimate of drug-likeness (QED) is 0.837. The summed E-state index contributed by atoms with van der Waals surface area (Å²) < 4.78 is 18.3. The molecule has 0 aromatic heterocycles. The SMILES string of the molecule is CCN(Cc1cccc(F)c1)CC1(CO)COC1. The monoisotopic (exact) mass is 253 g/mol. The summed E-state index contributed by atoms with van der Waals surface area (Å²) in [7, 11) is 0. The molecule has 1 aliphatic rings. The van der Waals surface area contributed by atoms with Crippen molar-refractivity contribution >= 4 is 0 Å². The van der Waals surface area contributed by atoms with E-state index in [0.29, 0.717) is 19.8 Å². The fourth-order valence-electron chi connectivity index (χ4n) is 2.27. The Morgan fingerprint density at radius 3 is 2.72 bits per heavy atom. The molecular formula is C14H20FNO2. The van der Waals surface area contributed by atoms with Crippen molar-refractivity contribution in [2.24, 2.45) is 5.41 Å². The van der Waals surface area contributed by atoms with Gasteiger partial charge in [0.05, 0.1) is 25.2 Å². The first-order valence-corrected chi connectivity index (χ1v) is 6.33. The lowest BCUT2D eigenvalue weighted by atomic mass is 9.86. The van der Waals surface area contributed by atoms with Crippen LogP contribution in [0.3, 0.4) is 0 Å². The molecule has 1 aromatic carbocycles. The number of aliphatic hydroxyl groups is 1. The van der Waals surface area contributed by atoms with Gasteiger partial charge in [0.2, 0.25) is 0 Å². The third-order valence-electron chi connectivity index (χ3n) is 3.45. The second-order valence-corrected chi connectivity index (χ2v) is 5.08. The number of aliphatic hydroxyl groups excluding tert-OH is 1. The average molecular weight is 253 g/mol. The highest BCUT2D eigenvalue weighted by atomic mass is 19.1. The van der Waals surface area contributed by atoms with Gasteiger partial charge < -0.3 is 9.84 Å². The van der Waals surface area contributed by atoms with Gasteiger partial charge in [0.25, 0.3) is 0 Å². The van der Waals surface area contributed by atoms with Crippen LogP contribution in [0.25, 0.3) is 0 Å². The summed E-state index contributed by atoms with van der Waals surface area (Å²) in [5, 5.41) is 9.42. The number of hydrogen-bond donors (Lipinski definition) is 1. The van der Waals surface area contributed by atoms with Gasteiger partial charge >= 0.3 is 0 Å². The first-order chi connectivity index (χ1) is 8.67. The summed E-state index contributed by atoms with van der Waals surface area (Å²) in [6.45, 7) is 5.81. The van der Waals surface area contributed by atoms with Crippen LogP contribution in [-0.2, 0) is 11.3 Å². The molecule has 2 rings (SSSR count). The van der Waals surface area contributed by atoms with Crippen LogP contribution in [0.4, 0.5) is 4.39 Å². The zero-order valence-electron chi connectivity index (χ0n) is 10.7. The zero-order chi connectivity index (χ0) is 13.0. The second-order valence-electron chi connectivity index (χ2n) is 5.08. The molecule has 4 heteroatoms. The van der Waals surface area contributed by atoms with Gasteiger partial charge in [-0.05, 0) is 24.2 Å². The molecule has 1 saturated heterocycles. The normalized spacial score (nSPS) is 17.8. The summed E-state index contributed by atoms with van der Waals surface area (Å²) in [6, 6.07) is 6.67. The Bertz CT molecular complexity index is 388. The van der Waals surface area contributed by atoms with E-state index in [1.54, 1.807) is 12.1 Å². The number of nitrogens with zero attached hydrogens (tertiary/aromatic N) is 1. The molecule has 1 aliphatic heterocycles. The molecule has 100 valence electrons. The van der Waals surface area contributed by atoms with E-state index in [2.05, 4.69) is 11.8 Å². The summed E-state index contributed by atoms with van der Waals surface area (Å²) in [5.74, 6) is -0.201. The molecule has 0 amide bonds. The average Bonchev–Trinajstić information content (AvgIpc) is 2.32. The van der Waals surface area contributed by atoms with E-state index in [-0.39, 0.29) is 17.8 Å².